The van der Waals surface area contributed by atoms with Gasteiger partial charge in [0, 0.05) is 17.9 Å². The Morgan fingerprint density at radius 2 is 1.93 bits per heavy atom. The highest BCUT2D eigenvalue weighted by atomic mass is 16.6. The lowest BCUT2D eigenvalue weighted by Crippen LogP contribution is -2.54. The zero-order valence-electron chi connectivity index (χ0n) is 18.6. The van der Waals surface area contributed by atoms with Crippen molar-refractivity contribution in [3.63, 3.8) is 0 Å². The number of carbonyl (C=O) groups is 2. The van der Waals surface area contributed by atoms with Gasteiger partial charge in [-0.15, -0.1) is 0 Å². The average Bonchev–Trinajstić information content (AvgIpc) is 3.41. The maximum Gasteiger partial charge on any atom is 0.235 e. The predicted molar refractivity (Wildman–Crippen MR) is 112 cm³/mol. The first-order valence-corrected chi connectivity index (χ1v) is 11.3. The topological polar surface area (TPSA) is 99.2 Å². The van der Waals surface area contributed by atoms with Gasteiger partial charge in [0.05, 0.1) is 6.10 Å². The second-order valence-electron chi connectivity index (χ2n) is 10.3. The van der Waals surface area contributed by atoms with Crippen LogP contribution >= 0.6 is 0 Å². The number of hydrogen-bond donors (Lipinski definition) is 3. The van der Waals surface area contributed by atoms with E-state index in [-0.39, 0.29) is 35.5 Å². The van der Waals surface area contributed by atoms with Crippen LogP contribution in [0.2, 0.25) is 0 Å². The Kier molecular flexibility index (Phi) is 5.48. The third-order valence-corrected chi connectivity index (χ3v) is 7.82. The number of aliphatic hydroxyl groups excluding tert-OH is 2. The first-order chi connectivity index (χ1) is 14.1. The first kappa shape index (κ1) is 21.7. The number of amides is 1. The van der Waals surface area contributed by atoms with E-state index in [1.54, 1.807) is 0 Å². The van der Waals surface area contributed by atoms with Gasteiger partial charge >= 0.3 is 0 Å². The number of hydrogen-bond acceptors (Lipinski definition) is 5. The number of ether oxygens (including phenoxy) is 1. The molecule has 0 aromatic heterocycles. The van der Waals surface area contributed by atoms with Crippen molar-refractivity contribution in [3.8, 4) is 0 Å². The standard InChI is InChI=1S/C24H35NO5/c1-11(2)8-16-18-14(5)13(4)10-15-9-12(3)6-7-17(26)19(27)20-21(30-20)22(28)24(15,18)23(29)25-16/h9-11,14-21,26-27H,6-8H2,1-5H3,(H,25,29)/t14-,15?,16+,17-,18+,19-,20+,21+,24+/m1/s1. The van der Waals surface area contributed by atoms with E-state index < -0.39 is 29.8 Å². The van der Waals surface area contributed by atoms with Crippen molar-refractivity contribution >= 4 is 11.7 Å². The molecule has 9 atom stereocenters. The molecule has 4 rings (SSSR count). The lowest BCUT2D eigenvalue weighted by molar-refractivity contribution is -0.146. The molecule has 0 aromatic carbocycles. The summed E-state index contributed by atoms with van der Waals surface area (Å²) in [5, 5.41) is 24.0. The van der Waals surface area contributed by atoms with E-state index >= 15 is 0 Å². The first-order valence-electron chi connectivity index (χ1n) is 11.3. The summed E-state index contributed by atoms with van der Waals surface area (Å²) in [6.07, 6.45) is 2.29. The Morgan fingerprint density at radius 1 is 1.23 bits per heavy atom. The summed E-state index contributed by atoms with van der Waals surface area (Å²) >= 11 is 0. The number of carbonyl (C=O) groups excluding carboxylic acids is 2. The summed E-state index contributed by atoms with van der Waals surface area (Å²) in [6.45, 7) is 10.4. The molecule has 2 fully saturated rings. The molecule has 1 amide bonds. The van der Waals surface area contributed by atoms with Gasteiger partial charge in [0.15, 0.2) is 5.78 Å². The minimum Gasteiger partial charge on any atom is -0.390 e. The molecule has 30 heavy (non-hydrogen) atoms. The van der Waals surface area contributed by atoms with Crippen LogP contribution in [0, 0.1) is 29.1 Å². The molecule has 2 heterocycles. The summed E-state index contributed by atoms with van der Waals surface area (Å²) < 4.78 is 5.61. The van der Waals surface area contributed by atoms with Gasteiger partial charge in [-0.25, -0.2) is 0 Å². The number of allylic oxidation sites excluding steroid dienone is 4. The van der Waals surface area contributed by atoms with Crippen molar-refractivity contribution in [2.24, 2.45) is 29.1 Å². The highest BCUT2D eigenvalue weighted by molar-refractivity contribution is 6.12. The molecule has 0 bridgehead atoms. The minimum absolute atomic E-state index is 0.0749. The molecule has 0 saturated carbocycles. The molecule has 0 radical (unpaired) electrons. The van der Waals surface area contributed by atoms with Crippen molar-refractivity contribution in [1.82, 2.24) is 5.32 Å². The average molecular weight is 418 g/mol. The van der Waals surface area contributed by atoms with Gasteiger partial charge in [0.2, 0.25) is 5.91 Å². The van der Waals surface area contributed by atoms with E-state index in [9.17, 15) is 19.8 Å². The molecule has 6 heteroatoms. The number of epoxide rings is 1. The fraction of sp³-hybridized carbons (Fsp3) is 0.750. The molecular formula is C24H35NO5. The highest BCUT2D eigenvalue weighted by Gasteiger charge is 2.70. The van der Waals surface area contributed by atoms with Crippen molar-refractivity contribution in [3.05, 3.63) is 23.3 Å². The SMILES string of the molecule is CC1=CC2C=C(C)[C@@H](C)[C@H]3[C@H](CC(C)C)NC(=O)[C@@]23C(=O)[C@H]2O[C@H]2[C@H](O)[C@H](O)CC1. The molecule has 2 aliphatic heterocycles. The fourth-order valence-corrected chi connectivity index (χ4v) is 6.13. The molecule has 1 spiro atoms. The minimum atomic E-state index is -1.23. The number of rotatable bonds is 2. The lowest BCUT2D eigenvalue weighted by Gasteiger charge is -2.44. The Bertz CT molecular complexity index is 801. The van der Waals surface area contributed by atoms with Crippen LogP contribution in [-0.4, -0.2) is 52.4 Å². The summed E-state index contributed by atoms with van der Waals surface area (Å²) in [4.78, 5) is 27.6. The Morgan fingerprint density at radius 3 is 2.60 bits per heavy atom. The van der Waals surface area contributed by atoms with Gasteiger partial charge in [0.25, 0.3) is 0 Å². The summed E-state index contributed by atoms with van der Waals surface area (Å²) in [6, 6.07) is -0.0749. The van der Waals surface area contributed by atoms with E-state index in [0.29, 0.717) is 18.8 Å². The van der Waals surface area contributed by atoms with Gasteiger partial charge < -0.3 is 20.3 Å². The van der Waals surface area contributed by atoms with Gasteiger partial charge in [-0.05, 0) is 44.9 Å². The van der Waals surface area contributed by atoms with Crippen molar-refractivity contribution in [2.45, 2.75) is 84.3 Å². The predicted octanol–water partition coefficient (Wildman–Crippen LogP) is 2.14. The molecule has 2 aliphatic carbocycles. The second kappa shape index (κ2) is 7.57. The molecule has 2 saturated heterocycles. The van der Waals surface area contributed by atoms with Crippen LogP contribution in [0.25, 0.3) is 0 Å². The zero-order valence-corrected chi connectivity index (χ0v) is 18.6. The maximum atomic E-state index is 14.0. The zero-order chi connectivity index (χ0) is 22.0. The second-order valence-corrected chi connectivity index (χ2v) is 10.3. The summed E-state index contributed by atoms with van der Waals surface area (Å²) in [7, 11) is 0. The fourth-order valence-electron chi connectivity index (χ4n) is 6.13. The number of Topliss-reactive ketones (excluding diaryl/α,β-unsaturated/α-hetero) is 1. The molecule has 0 aromatic rings. The third-order valence-electron chi connectivity index (χ3n) is 7.82. The van der Waals surface area contributed by atoms with E-state index in [0.717, 1.165) is 12.0 Å². The van der Waals surface area contributed by atoms with Crippen LogP contribution < -0.4 is 5.32 Å². The molecule has 3 N–H and O–H groups in total. The normalized spacial score (nSPS) is 46.1. The number of nitrogens with one attached hydrogen (secondary N) is 1. The van der Waals surface area contributed by atoms with E-state index in [1.807, 2.05) is 13.0 Å². The lowest BCUT2D eigenvalue weighted by atomic mass is 9.54. The smallest absolute Gasteiger partial charge is 0.235 e. The van der Waals surface area contributed by atoms with E-state index in [1.165, 1.54) is 5.57 Å². The van der Waals surface area contributed by atoms with Crippen molar-refractivity contribution in [2.75, 3.05) is 0 Å². The number of ketones is 1. The monoisotopic (exact) mass is 417 g/mol. The third kappa shape index (κ3) is 3.19. The van der Waals surface area contributed by atoms with Crippen molar-refractivity contribution < 1.29 is 24.5 Å². The van der Waals surface area contributed by atoms with Crippen LogP contribution in [0.5, 0.6) is 0 Å². The van der Waals surface area contributed by atoms with Gasteiger partial charge in [-0.2, -0.15) is 0 Å². The van der Waals surface area contributed by atoms with Crippen molar-refractivity contribution in [1.29, 1.82) is 0 Å². The quantitative estimate of drug-likeness (QED) is 0.363. The molecular weight excluding hydrogens is 382 g/mol. The van der Waals surface area contributed by atoms with Crippen LogP contribution in [0.15, 0.2) is 23.3 Å². The highest BCUT2D eigenvalue weighted by Crippen LogP contribution is 2.57. The number of aliphatic hydroxyl groups is 2. The van der Waals surface area contributed by atoms with Gasteiger partial charge in [-0.1, -0.05) is 44.1 Å². The number of fused-ring (bicyclic) bond motifs is 1. The van der Waals surface area contributed by atoms with Crippen LogP contribution in [0.1, 0.15) is 53.9 Å². The largest absolute Gasteiger partial charge is 0.390 e. The van der Waals surface area contributed by atoms with Gasteiger partial charge in [0.1, 0.15) is 23.7 Å². The Hall–Kier alpha value is -1.50. The Labute approximate surface area is 178 Å². The van der Waals surface area contributed by atoms with Gasteiger partial charge in [-0.3, -0.25) is 9.59 Å². The molecule has 166 valence electrons. The van der Waals surface area contributed by atoms with Crippen LogP contribution in [0.4, 0.5) is 0 Å². The molecule has 4 aliphatic rings. The Balaban J connectivity index is 1.87. The summed E-state index contributed by atoms with van der Waals surface area (Å²) in [5.41, 5.74) is 0.993. The van der Waals surface area contributed by atoms with Crippen LogP contribution in [0.3, 0.4) is 0 Å². The van der Waals surface area contributed by atoms with E-state index in [2.05, 4.69) is 39.1 Å². The molecule has 6 nitrogen and oxygen atoms in total. The maximum absolute atomic E-state index is 14.0. The van der Waals surface area contributed by atoms with E-state index in [4.69, 9.17) is 4.74 Å². The van der Waals surface area contributed by atoms with Crippen LogP contribution in [-0.2, 0) is 14.3 Å². The summed E-state index contributed by atoms with van der Waals surface area (Å²) in [5.74, 6) is -0.485. The molecule has 1 unspecified atom stereocenters.